The van der Waals surface area contributed by atoms with Gasteiger partial charge in [0.1, 0.15) is 23.9 Å². The lowest BCUT2D eigenvalue weighted by Gasteiger charge is -2.35. The van der Waals surface area contributed by atoms with Crippen LogP contribution < -0.4 is 4.74 Å². The van der Waals surface area contributed by atoms with Gasteiger partial charge in [-0.3, -0.25) is 9.79 Å². The van der Waals surface area contributed by atoms with Gasteiger partial charge in [0.05, 0.1) is 7.11 Å². The van der Waals surface area contributed by atoms with Crippen molar-refractivity contribution in [3.05, 3.63) is 42.0 Å². The number of methoxy groups -OCH3 is 1. The molecule has 2 rings (SSSR count). The topological polar surface area (TPSA) is 74.2 Å². The molecule has 0 spiro atoms. The van der Waals surface area contributed by atoms with Gasteiger partial charge in [-0.25, -0.2) is 4.79 Å². The molecule has 0 aromatic heterocycles. The SMILES string of the molecule is C/C=C/C(CC(C)CC)=N\[C@H](C(=O)OC(C)(C)C)C1c2ccccc2OC[C@H]1C(=O)OC. The highest BCUT2D eigenvalue weighted by molar-refractivity contribution is 5.97. The van der Waals surface area contributed by atoms with Crippen molar-refractivity contribution in [2.75, 3.05) is 13.7 Å². The number of benzene rings is 1. The summed E-state index contributed by atoms with van der Waals surface area (Å²) in [7, 11) is 1.35. The Morgan fingerprint density at radius 1 is 1.28 bits per heavy atom. The second-order valence-electron chi connectivity index (χ2n) is 9.32. The van der Waals surface area contributed by atoms with Gasteiger partial charge in [-0.05, 0) is 52.2 Å². The fourth-order valence-electron chi connectivity index (χ4n) is 3.82. The molecule has 2 unspecified atom stereocenters. The van der Waals surface area contributed by atoms with Crippen LogP contribution in [-0.2, 0) is 19.1 Å². The molecule has 0 bridgehead atoms. The Hall–Kier alpha value is -2.63. The third-order valence-electron chi connectivity index (χ3n) is 5.54. The molecule has 1 aromatic carbocycles. The number of hydrogen-bond donors (Lipinski definition) is 0. The molecule has 1 aliphatic rings. The first-order chi connectivity index (χ1) is 15.1. The fourth-order valence-corrected chi connectivity index (χ4v) is 3.82. The standard InChI is InChI=1S/C26H37NO5/c1-8-12-18(15-17(3)9-2)27-23(25(29)32-26(4,5)6)22-19-13-10-11-14-21(19)31-16-20(22)24(28)30-7/h8,10-14,17,20,22-23H,9,15-16H2,1-7H3/b12-8+,27-18+/t17?,20-,22?,23+/m1/s1. The van der Waals surface area contributed by atoms with Crippen molar-refractivity contribution in [3.63, 3.8) is 0 Å². The Morgan fingerprint density at radius 2 is 1.97 bits per heavy atom. The minimum absolute atomic E-state index is 0.119. The van der Waals surface area contributed by atoms with Crippen molar-refractivity contribution in [1.82, 2.24) is 0 Å². The van der Waals surface area contributed by atoms with Gasteiger partial charge in [0.15, 0.2) is 6.04 Å². The van der Waals surface area contributed by atoms with Gasteiger partial charge in [0.2, 0.25) is 0 Å². The first kappa shape index (κ1) is 25.6. The summed E-state index contributed by atoms with van der Waals surface area (Å²) in [4.78, 5) is 31.1. The Morgan fingerprint density at radius 3 is 2.56 bits per heavy atom. The zero-order valence-corrected chi connectivity index (χ0v) is 20.4. The summed E-state index contributed by atoms with van der Waals surface area (Å²) >= 11 is 0. The summed E-state index contributed by atoms with van der Waals surface area (Å²) in [6.07, 6.45) is 5.58. The van der Waals surface area contributed by atoms with E-state index in [9.17, 15) is 9.59 Å². The molecule has 176 valence electrons. The summed E-state index contributed by atoms with van der Waals surface area (Å²) in [5, 5.41) is 0. The fraction of sp³-hybridized carbons (Fsp3) is 0.577. The number of ether oxygens (including phenoxy) is 3. The quantitative estimate of drug-likeness (QED) is 0.412. The Balaban J connectivity index is 2.65. The number of allylic oxidation sites excluding steroid dienone is 2. The van der Waals surface area contributed by atoms with Crippen molar-refractivity contribution in [3.8, 4) is 5.75 Å². The molecule has 6 heteroatoms. The highest BCUT2D eigenvalue weighted by atomic mass is 16.6. The zero-order valence-electron chi connectivity index (χ0n) is 20.4. The lowest BCUT2D eigenvalue weighted by Crippen LogP contribution is -2.43. The Kier molecular flexibility index (Phi) is 9.05. The van der Waals surface area contributed by atoms with E-state index in [2.05, 4.69) is 13.8 Å². The van der Waals surface area contributed by atoms with Crippen LogP contribution >= 0.6 is 0 Å². The van der Waals surface area contributed by atoms with E-state index in [4.69, 9.17) is 19.2 Å². The van der Waals surface area contributed by atoms with Crippen LogP contribution in [0, 0.1) is 11.8 Å². The number of carbonyl (C=O) groups excluding carboxylic acids is 2. The van der Waals surface area contributed by atoms with E-state index in [1.165, 1.54) is 7.11 Å². The summed E-state index contributed by atoms with van der Waals surface area (Å²) in [5.41, 5.74) is 0.885. The predicted octanol–water partition coefficient (Wildman–Crippen LogP) is 5.12. The van der Waals surface area contributed by atoms with Gasteiger partial charge < -0.3 is 14.2 Å². The maximum absolute atomic E-state index is 13.5. The van der Waals surface area contributed by atoms with Crippen molar-refractivity contribution in [1.29, 1.82) is 0 Å². The molecule has 6 nitrogen and oxygen atoms in total. The van der Waals surface area contributed by atoms with E-state index in [0.29, 0.717) is 11.7 Å². The highest BCUT2D eigenvalue weighted by Gasteiger charge is 2.45. The monoisotopic (exact) mass is 443 g/mol. The zero-order chi connectivity index (χ0) is 23.9. The average molecular weight is 444 g/mol. The van der Waals surface area contributed by atoms with Crippen LogP contribution in [0.2, 0.25) is 0 Å². The van der Waals surface area contributed by atoms with Gasteiger partial charge in [-0.1, -0.05) is 44.5 Å². The van der Waals surface area contributed by atoms with Gasteiger partial charge in [-0.15, -0.1) is 0 Å². The highest BCUT2D eigenvalue weighted by Crippen LogP contribution is 2.41. The maximum Gasteiger partial charge on any atom is 0.332 e. The average Bonchev–Trinajstić information content (AvgIpc) is 2.74. The lowest BCUT2D eigenvalue weighted by atomic mass is 9.78. The predicted molar refractivity (Wildman–Crippen MR) is 126 cm³/mol. The molecular formula is C26H37NO5. The third-order valence-corrected chi connectivity index (χ3v) is 5.54. The number of nitrogens with zero attached hydrogens (tertiary/aromatic N) is 1. The third kappa shape index (κ3) is 6.68. The largest absolute Gasteiger partial charge is 0.492 e. The number of para-hydroxylation sites is 1. The normalized spacial score (nSPS) is 20.8. The number of fused-ring (bicyclic) bond motifs is 1. The van der Waals surface area contributed by atoms with Crippen LogP contribution in [0.25, 0.3) is 0 Å². The van der Waals surface area contributed by atoms with Crippen molar-refractivity contribution in [2.45, 2.75) is 71.9 Å². The maximum atomic E-state index is 13.5. The van der Waals surface area contributed by atoms with E-state index >= 15 is 0 Å². The second kappa shape index (κ2) is 11.3. The van der Waals surface area contributed by atoms with Gasteiger partial charge >= 0.3 is 11.9 Å². The van der Waals surface area contributed by atoms with Crippen LogP contribution in [0.5, 0.6) is 5.75 Å². The minimum Gasteiger partial charge on any atom is -0.492 e. The minimum atomic E-state index is -0.904. The second-order valence-corrected chi connectivity index (χ2v) is 9.32. The summed E-state index contributed by atoms with van der Waals surface area (Å²) < 4.78 is 16.7. The smallest absolute Gasteiger partial charge is 0.332 e. The molecule has 0 N–H and O–H groups in total. The first-order valence-electron chi connectivity index (χ1n) is 11.3. The molecule has 0 saturated heterocycles. The van der Waals surface area contributed by atoms with Crippen LogP contribution in [0.1, 0.15) is 65.9 Å². The van der Waals surface area contributed by atoms with Crippen LogP contribution in [0.15, 0.2) is 41.4 Å². The number of hydrogen-bond acceptors (Lipinski definition) is 6. The molecule has 0 radical (unpaired) electrons. The number of esters is 2. The Labute approximate surface area is 192 Å². The number of aliphatic imine (C=N–C) groups is 1. The summed E-state index contributed by atoms with van der Waals surface area (Å²) in [5.74, 6) is -1.06. The van der Waals surface area contributed by atoms with Gasteiger partial charge in [0.25, 0.3) is 0 Å². The molecule has 0 saturated carbocycles. The molecule has 0 amide bonds. The van der Waals surface area contributed by atoms with Gasteiger partial charge in [-0.2, -0.15) is 0 Å². The van der Waals surface area contributed by atoms with E-state index in [1.807, 2.05) is 64.1 Å². The number of carbonyl (C=O) groups is 2. The molecule has 1 aliphatic heterocycles. The van der Waals surface area contributed by atoms with Crippen molar-refractivity contribution < 1.29 is 23.8 Å². The van der Waals surface area contributed by atoms with E-state index < -0.39 is 35.4 Å². The van der Waals surface area contributed by atoms with Gasteiger partial charge in [0, 0.05) is 17.2 Å². The summed E-state index contributed by atoms with van der Waals surface area (Å²) in [6, 6.07) is 6.56. The van der Waals surface area contributed by atoms with Crippen LogP contribution in [0.3, 0.4) is 0 Å². The molecule has 1 aromatic rings. The Bertz CT molecular complexity index is 852. The molecule has 0 aliphatic carbocycles. The first-order valence-corrected chi connectivity index (χ1v) is 11.3. The van der Waals surface area contributed by atoms with Crippen molar-refractivity contribution in [2.24, 2.45) is 16.8 Å². The molecular weight excluding hydrogens is 406 g/mol. The summed E-state index contributed by atoms with van der Waals surface area (Å²) in [6.45, 7) is 11.8. The molecule has 0 fully saturated rings. The lowest BCUT2D eigenvalue weighted by molar-refractivity contribution is -0.158. The molecule has 1 heterocycles. The van der Waals surface area contributed by atoms with Crippen LogP contribution in [-0.4, -0.2) is 43.0 Å². The molecule has 4 atom stereocenters. The molecule has 32 heavy (non-hydrogen) atoms. The number of rotatable bonds is 8. The van der Waals surface area contributed by atoms with Crippen LogP contribution in [0.4, 0.5) is 0 Å². The van der Waals surface area contributed by atoms with E-state index in [1.54, 1.807) is 0 Å². The van der Waals surface area contributed by atoms with E-state index in [0.717, 1.165) is 24.1 Å². The van der Waals surface area contributed by atoms with Crippen molar-refractivity contribution >= 4 is 17.7 Å². The van der Waals surface area contributed by atoms with E-state index in [-0.39, 0.29) is 6.61 Å².